The molecule has 0 saturated carbocycles. The van der Waals surface area contributed by atoms with E-state index >= 15 is 0 Å². The Morgan fingerprint density at radius 1 is 1.28 bits per heavy atom. The molecule has 1 heterocycles. The van der Waals surface area contributed by atoms with Crippen molar-refractivity contribution in [1.29, 1.82) is 0 Å². The number of nitrogens with one attached hydrogen (secondary N) is 1. The van der Waals surface area contributed by atoms with Crippen molar-refractivity contribution in [2.24, 2.45) is 0 Å². The maximum absolute atomic E-state index is 12.4. The predicted molar refractivity (Wildman–Crippen MR) is 96.9 cm³/mol. The highest BCUT2D eigenvalue weighted by Gasteiger charge is 2.17. The zero-order valence-corrected chi connectivity index (χ0v) is 15.0. The number of anilines is 2. The lowest BCUT2D eigenvalue weighted by molar-refractivity contribution is -0.132. The van der Waals surface area contributed by atoms with Crippen LogP contribution in [0.15, 0.2) is 24.3 Å². The molecule has 2 rings (SSSR count). The summed E-state index contributed by atoms with van der Waals surface area (Å²) in [6.07, 6.45) is 0.702. The highest BCUT2D eigenvalue weighted by molar-refractivity contribution is 5.97. The van der Waals surface area contributed by atoms with Gasteiger partial charge in [0.15, 0.2) is 0 Å². The molecule has 0 aliphatic carbocycles. The third-order valence-electron chi connectivity index (χ3n) is 4.09. The number of rotatable bonds is 8. The number of benzene rings is 1. The maximum Gasteiger partial charge on any atom is 0.244 e. The lowest BCUT2D eigenvalue weighted by Gasteiger charge is -2.30. The van der Waals surface area contributed by atoms with Gasteiger partial charge in [0.1, 0.15) is 0 Å². The monoisotopic (exact) mass is 349 g/mol. The smallest absolute Gasteiger partial charge is 0.244 e. The molecule has 25 heavy (non-hydrogen) atoms. The van der Waals surface area contributed by atoms with Gasteiger partial charge in [0.25, 0.3) is 0 Å². The third-order valence-corrected chi connectivity index (χ3v) is 4.09. The summed E-state index contributed by atoms with van der Waals surface area (Å²) < 4.78 is 10.4. The van der Waals surface area contributed by atoms with Crippen molar-refractivity contribution in [2.75, 3.05) is 63.3 Å². The lowest BCUT2D eigenvalue weighted by atomic mass is 10.2. The Balaban J connectivity index is 1.98. The lowest BCUT2D eigenvalue weighted by Crippen LogP contribution is -2.39. The summed E-state index contributed by atoms with van der Waals surface area (Å²) in [4.78, 5) is 27.9. The summed E-state index contributed by atoms with van der Waals surface area (Å²) in [5.74, 6) is -0.318. The Hall–Kier alpha value is -2.12. The van der Waals surface area contributed by atoms with E-state index in [9.17, 15) is 9.59 Å². The molecule has 7 heteroatoms. The molecule has 0 spiro atoms. The van der Waals surface area contributed by atoms with Crippen LogP contribution in [0.3, 0.4) is 0 Å². The van der Waals surface area contributed by atoms with Gasteiger partial charge in [-0.1, -0.05) is 12.1 Å². The molecular formula is C18H27N3O4. The summed E-state index contributed by atoms with van der Waals surface area (Å²) in [5.41, 5.74) is 1.74. The van der Waals surface area contributed by atoms with Crippen LogP contribution in [0.25, 0.3) is 0 Å². The Morgan fingerprint density at radius 3 is 2.68 bits per heavy atom. The van der Waals surface area contributed by atoms with Gasteiger partial charge in [-0.05, 0) is 18.6 Å². The van der Waals surface area contributed by atoms with Crippen LogP contribution in [0, 0.1) is 0 Å². The Bertz CT molecular complexity index is 573. The SMILES string of the molecule is COCCCN(CC(=O)Nc1ccccc1N1CCOCC1)C(C)=O. The molecule has 0 atom stereocenters. The van der Waals surface area contributed by atoms with E-state index in [1.807, 2.05) is 24.3 Å². The normalized spacial score (nSPS) is 14.2. The Kier molecular flexibility index (Phi) is 7.69. The molecule has 1 aliphatic heterocycles. The number of morpholine rings is 1. The van der Waals surface area contributed by atoms with Gasteiger partial charge in [0.2, 0.25) is 11.8 Å². The van der Waals surface area contributed by atoms with Gasteiger partial charge in [-0.3, -0.25) is 9.59 Å². The number of hydrogen-bond donors (Lipinski definition) is 1. The van der Waals surface area contributed by atoms with Crippen LogP contribution in [0.2, 0.25) is 0 Å². The van der Waals surface area contributed by atoms with Crippen LogP contribution < -0.4 is 10.2 Å². The van der Waals surface area contributed by atoms with Crippen molar-refractivity contribution < 1.29 is 19.1 Å². The van der Waals surface area contributed by atoms with Crippen molar-refractivity contribution in [3.63, 3.8) is 0 Å². The quantitative estimate of drug-likeness (QED) is 0.717. The zero-order chi connectivity index (χ0) is 18.1. The second-order valence-corrected chi connectivity index (χ2v) is 5.95. The molecule has 0 aromatic heterocycles. The maximum atomic E-state index is 12.4. The molecule has 1 fully saturated rings. The molecule has 1 aromatic carbocycles. The van der Waals surface area contributed by atoms with Gasteiger partial charge in [-0.25, -0.2) is 0 Å². The first-order valence-corrected chi connectivity index (χ1v) is 8.58. The number of carbonyl (C=O) groups excluding carboxylic acids is 2. The summed E-state index contributed by atoms with van der Waals surface area (Å²) in [5, 5.41) is 2.94. The predicted octanol–water partition coefficient (Wildman–Crippen LogP) is 1.35. The average Bonchev–Trinajstić information content (AvgIpc) is 2.62. The second-order valence-electron chi connectivity index (χ2n) is 5.95. The topological polar surface area (TPSA) is 71.1 Å². The largest absolute Gasteiger partial charge is 0.385 e. The van der Waals surface area contributed by atoms with Crippen LogP contribution >= 0.6 is 0 Å². The number of para-hydroxylation sites is 2. The molecule has 0 radical (unpaired) electrons. The fourth-order valence-electron chi connectivity index (χ4n) is 2.77. The Morgan fingerprint density at radius 2 is 2.00 bits per heavy atom. The van der Waals surface area contributed by atoms with Gasteiger partial charge in [-0.2, -0.15) is 0 Å². The average molecular weight is 349 g/mol. The molecule has 1 N–H and O–H groups in total. The summed E-state index contributed by atoms with van der Waals surface area (Å²) in [6.45, 7) is 5.53. The van der Waals surface area contributed by atoms with E-state index in [-0.39, 0.29) is 18.4 Å². The van der Waals surface area contributed by atoms with E-state index in [1.165, 1.54) is 11.8 Å². The van der Waals surface area contributed by atoms with E-state index < -0.39 is 0 Å². The summed E-state index contributed by atoms with van der Waals surface area (Å²) in [7, 11) is 1.62. The highest BCUT2D eigenvalue weighted by Crippen LogP contribution is 2.26. The molecule has 0 bridgehead atoms. The Labute approximate surface area is 148 Å². The standard InChI is InChI=1S/C18H27N3O4/c1-15(22)21(8-5-11-24-2)14-18(23)19-16-6-3-4-7-17(16)20-9-12-25-13-10-20/h3-4,6-7H,5,8-14H2,1-2H3,(H,19,23). The van der Waals surface area contributed by atoms with Crippen LogP contribution in [0.4, 0.5) is 11.4 Å². The number of amides is 2. The molecule has 0 unspecified atom stereocenters. The van der Waals surface area contributed by atoms with E-state index in [4.69, 9.17) is 9.47 Å². The first-order valence-electron chi connectivity index (χ1n) is 8.58. The van der Waals surface area contributed by atoms with Gasteiger partial charge in [-0.15, -0.1) is 0 Å². The first-order chi connectivity index (χ1) is 12.1. The van der Waals surface area contributed by atoms with E-state index in [0.717, 1.165) is 24.5 Å². The molecule has 2 amide bonds. The van der Waals surface area contributed by atoms with Gasteiger partial charge >= 0.3 is 0 Å². The van der Waals surface area contributed by atoms with Crippen molar-refractivity contribution in [1.82, 2.24) is 4.90 Å². The molecule has 1 aliphatic rings. The number of nitrogens with zero attached hydrogens (tertiary/aromatic N) is 2. The minimum absolute atomic E-state index is 0.0382. The summed E-state index contributed by atoms with van der Waals surface area (Å²) in [6, 6.07) is 7.71. The molecular weight excluding hydrogens is 322 g/mol. The van der Waals surface area contributed by atoms with Gasteiger partial charge in [0, 0.05) is 40.3 Å². The van der Waals surface area contributed by atoms with Crippen LogP contribution in [0.5, 0.6) is 0 Å². The number of ether oxygens (including phenoxy) is 2. The van der Waals surface area contributed by atoms with Crippen LogP contribution in [0.1, 0.15) is 13.3 Å². The second kappa shape index (κ2) is 10.0. The van der Waals surface area contributed by atoms with Crippen LogP contribution in [-0.4, -0.2) is 69.8 Å². The fourth-order valence-corrected chi connectivity index (χ4v) is 2.77. The fraction of sp³-hybridized carbons (Fsp3) is 0.556. The summed E-state index contributed by atoms with van der Waals surface area (Å²) >= 11 is 0. The number of carbonyl (C=O) groups is 2. The van der Waals surface area contributed by atoms with Crippen molar-refractivity contribution in [3.8, 4) is 0 Å². The zero-order valence-electron chi connectivity index (χ0n) is 15.0. The van der Waals surface area contributed by atoms with Crippen molar-refractivity contribution in [3.05, 3.63) is 24.3 Å². The number of hydrogen-bond acceptors (Lipinski definition) is 5. The molecule has 7 nitrogen and oxygen atoms in total. The first kappa shape index (κ1) is 19.2. The third kappa shape index (κ3) is 6.03. The minimum atomic E-state index is -0.201. The van der Waals surface area contributed by atoms with Crippen molar-refractivity contribution in [2.45, 2.75) is 13.3 Å². The minimum Gasteiger partial charge on any atom is -0.385 e. The van der Waals surface area contributed by atoms with E-state index in [1.54, 1.807) is 7.11 Å². The van der Waals surface area contributed by atoms with Gasteiger partial charge < -0.3 is 24.6 Å². The highest BCUT2D eigenvalue weighted by atomic mass is 16.5. The molecule has 138 valence electrons. The number of methoxy groups -OCH3 is 1. The molecule has 1 aromatic rings. The van der Waals surface area contributed by atoms with E-state index in [2.05, 4.69) is 10.2 Å². The molecule has 1 saturated heterocycles. The van der Waals surface area contributed by atoms with Crippen molar-refractivity contribution >= 4 is 23.2 Å². The van der Waals surface area contributed by atoms with E-state index in [0.29, 0.717) is 32.8 Å². The van der Waals surface area contributed by atoms with Gasteiger partial charge in [0.05, 0.1) is 31.1 Å². The van der Waals surface area contributed by atoms with Crippen LogP contribution in [-0.2, 0) is 19.1 Å².